The first-order chi connectivity index (χ1) is 5.77. The molecular weight excluding hydrogens is 156 g/mol. The Morgan fingerprint density at radius 1 is 1.50 bits per heavy atom. The largest absolute Gasteiger partial charge is 0.366 e. The van der Waals surface area contributed by atoms with Crippen LogP contribution in [0, 0.1) is 0 Å². The highest BCUT2D eigenvalue weighted by Crippen LogP contribution is 2.13. The zero-order chi connectivity index (χ0) is 8.55. The summed E-state index contributed by atoms with van der Waals surface area (Å²) in [7, 11) is 0. The summed E-state index contributed by atoms with van der Waals surface area (Å²) in [6.45, 7) is 0. The lowest BCUT2D eigenvalue weighted by Gasteiger charge is -2.06. The molecule has 0 unspecified atom stereocenters. The third kappa shape index (κ3) is 0.952. The Morgan fingerprint density at radius 2 is 2.33 bits per heavy atom. The van der Waals surface area contributed by atoms with Gasteiger partial charge in [-0.05, 0) is 0 Å². The summed E-state index contributed by atoms with van der Waals surface area (Å²) in [5.41, 5.74) is 6.27. The first-order valence-corrected chi connectivity index (χ1v) is 3.43. The van der Waals surface area contributed by atoms with Gasteiger partial charge >= 0.3 is 0 Å². The van der Waals surface area contributed by atoms with Crippen molar-refractivity contribution in [3.05, 3.63) is 11.8 Å². The number of nitrogens with two attached hydrogens (primary N) is 1. The molecule has 0 radical (unpaired) electrons. The van der Waals surface area contributed by atoms with Crippen LogP contribution < -0.4 is 5.73 Å². The van der Waals surface area contributed by atoms with Crippen molar-refractivity contribution in [2.75, 3.05) is 0 Å². The van der Waals surface area contributed by atoms with E-state index in [0.29, 0.717) is 23.5 Å². The van der Waals surface area contributed by atoms with E-state index in [1.807, 2.05) is 0 Å². The second-order valence-corrected chi connectivity index (χ2v) is 2.47. The maximum absolute atomic E-state index is 10.7. The highest BCUT2D eigenvalue weighted by Gasteiger charge is 2.19. The number of rotatable bonds is 1. The predicted octanol–water partition coefficient (Wildman–Crippen LogP) is -0.359. The zero-order valence-corrected chi connectivity index (χ0v) is 6.19. The molecule has 2 aliphatic heterocycles. The highest BCUT2D eigenvalue weighted by atomic mass is 16.1. The number of aliphatic imine (C=N–C) groups is 3. The van der Waals surface area contributed by atoms with Crippen molar-refractivity contribution in [2.24, 2.45) is 20.7 Å². The number of hydrogen-bond donors (Lipinski definition) is 1. The molecule has 0 aromatic carbocycles. The number of carbonyl (C=O) groups is 1. The van der Waals surface area contributed by atoms with Crippen LogP contribution in [0.1, 0.15) is 6.42 Å². The molecule has 0 aromatic heterocycles. The van der Waals surface area contributed by atoms with Crippen LogP contribution in [0.5, 0.6) is 0 Å². The monoisotopic (exact) mass is 162 g/mol. The van der Waals surface area contributed by atoms with Gasteiger partial charge in [-0.3, -0.25) is 4.79 Å². The summed E-state index contributed by atoms with van der Waals surface area (Å²) < 4.78 is 0. The minimum atomic E-state index is -0.451. The Bertz CT molecular complexity index is 362. The topological polar surface area (TPSA) is 80.2 Å². The summed E-state index contributed by atoms with van der Waals surface area (Å²) in [4.78, 5) is 22.5. The summed E-state index contributed by atoms with van der Waals surface area (Å²) in [5.74, 6) is 0.132. The molecule has 5 nitrogen and oxygen atoms in total. The molecule has 0 saturated carbocycles. The van der Waals surface area contributed by atoms with Gasteiger partial charge in [0.15, 0.2) is 5.84 Å². The molecule has 2 rings (SSSR count). The van der Waals surface area contributed by atoms with Crippen molar-refractivity contribution < 1.29 is 4.79 Å². The molecule has 12 heavy (non-hydrogen) atoms. The Hall–Kier alpha value is -1.78. The highest BCUT2D eigenvalue weighted by molar-refractivity contribution is 6.47. The number of primary amides is 1. The van der Waals surface area contributed by atoms with Gasteiger partial charge in [-0.2, -0.15) is 0 Å². The van der Waals surface area contributed by atoms with Crippen molar-refractivity contribution in [3.8, 4) is 0 Å². The van der Waals surface area contributed by atoms with Gasteiger partial charge in [0.25, 0.3) is 0 Å². The summed E-state index contributed by atoms with van der Waals surface area (Å²) in [6, 6.07) is 0. The van der Waals surface area contributed by atoms with Gasteiger partial charge in [0.05, 0.1) is 5.71 Å². The first kappa shape index (κ1) is 6.90. The van der Waals surface area contributed by atoms with Gasteiger partial charge < -0.3 is 5.73 Å². The molecule has 0 bridgehead atoms. The second kappa shape index (κ2) is 2.37. The van der Waals surface area contributed by atoms with Gasteiger partial charge in [-0.1, -0.05) is 0 Å². The van der Waals surface area contributed by atoms with Crippen LogP contribution >= 0.6 is 0 Å². The number of carbonyl (C=O) groups excluding carboxylic acids is 1. The van der Waals surface area contributed by atoms with Crippen molar-refractivity contribution in [1.29, 1.82) is 0 Å². The van der Waals surface area contributed by atoms with Gasteiger partial charge in [-0.15, -0.1) is 0 Å². The number of fused-ring (bicyclic) bond motifs is 1. The van der Waals surface area contributed by atoms with Crippen LogP contribution in [0.2, 0.25) is 0 Å². The van der Waals surface area contributed by atoms with Crippen molar-refractivity contribution in [2.45, 2.75) is 6.42 Å². The van der Waals surface area contributed by atoms with Crippen LogP contribution in [0.15, 0.2) is 26.8 Å². The van der Waals surface area contributed by atoms with Crippen LogP contribution in [-0.4, -0.2) is 23.8 Å². The van der Waals surface area contributed by atoms with Crippen molar-refractivity contribution in [3.63, 3.8) is 0 Å². The summed E-state index contributed by atoms with van der Waals surface area (Å²) in [6.07, 6.45) is 3.31. The van der Waals surface area contributed by atoms with E-state index in [1.54, 1.807) is 0 Å². The number of nitrogens with zero attached hydrogens (tertiary/aromatic N) is 3. The van der Waals surface area contributed by atoms with E-state index in [1.165, 1.54) is 12.5 Å². The Labute approximate surface area is 68.4 Å². The smallest absolute Gasteiger partial charge is 0.246 e. The van der Waals surface area contributed by atoms with E-state index in [2.05, 4.69) is 15.0 Å². The number of hydrogen-bond acceptors (Lipinski definition) is 4. The van der Waals surface area contributed by atoms with Gasteiger partial charge in [-0.25, -0.2) is 15.0 Å². The van der Waals surface area contributed by atoms with E-state index in [-0.39, 0.29) is 0 Å². The van der Waals surface area contributed by atoms with Gasteiger partial charge in [0.2, 0.25) is 5.91 Å². The average molecular weight is 162 g/mol. The standard InChI is InChI=1S/C7H6N4O/c8-6(12)4-1-5-7(9-2-4)11-3-10-5/h2-3H,1H2,(H2,8,12). The molecule has 0 aliphatic carbocycles. The molecule has 0 fully saturated rings. The molecule has 0 atom stereocenters. The molecule has 0 aromatic rings. The Kier molecular flexibility index (Phi) is 1.36. The fraction of sp³-hybridized carbons (Fsp3) is 0.143. The van der Waals surface area contributed by atoms with E-state index < -0.39 is 5.91 Å². The van der Waals surface area contributed by atoms with Gasteiger partial charge in [0.1, 0.15) is 6.34 Å². The molecule has 0 spiro atoms. The van der Waals surface area contributed by atoms with Crippen molar-refractivity contribution >= 4 is 23.8 Å². The average Bonchev–Trinajstić information content (AvgIpc) is 2.49. The number of amides is 1. The minimum absolute atomic E-state index is 0.439. The number of amidine groups is 1. The lowest BCUT2D eigenvalue weighted by atomic mass is 10.1. The lowest BCUT2D eigenvalue weighted by molar-refractivity contribution is -0.114. The molecule has 2 aliphatic rings. The van der Waals surface area contributed by atoms with Crippen LogP contribution in [0.3, 0.4) is 0 Å². The molecule has 1 amide bonds. The van der Waals surface area contributed by atoms with E-state index >= 15 is 0 Å². The van der Waals surface area contributed by atoms with Crippen LogP contribution in [0.4, 0.5) is 0 Å². The van der Waals surface area contributed by atoms with E-state index in [4.69, 9.17) is 5.73 Å². The predicted molar refractivity (Wildman–Crippen MR) is 45.3 cm³/mol. The molecule has 5 heteroatoms. The third-order valence-corrected chi connectivity index (χ3v) is 1.67. The van der Waals surface area contributed by atoms with E-state index in [0.717, 1.165) is 0 Å². The Balaban J connectivity index is 2.33. The maximum atomic E-state index is 10.7. The zero-order valence-electron chi connectivity index (χ0n) is 6.19. The van der Waals surface area contributed by atoms with E-state index in [9.17, 15) is 4.79 Å². The normalized spacial score (nSPS) is 19.5. The Morgan fingerprint density at radius 3 is 3.08 bits per heavy atom. The lowest BCUT2D eigenvalue weighted by Crippen LogP contribution is -2.21. The molecule has 2 heterocycles. The summed E-state index contributed by atoms with van der Waals surface area (Å²) >= 11 is 0. The first-order valence-electron chi connectivity index (χ1n) is 3.43. The quantitative estimate of drug-likeness (QED) is 0.561. The van der Waals surface area contributed by atoms with Crippen LogP contribution in [0.25, 0.3) is 0 Å². The third-order valence-electron chi connectivity index (χ3n) is 1.67. The maximum Gasteiger partial charge on any atom is 0.246 e. The van der Waals surface area contributed by atoms with Crippen LogP contribution in [-0.2, 0) is 4.79 Å². The van der Waals surface area contributed by atoms with Gasteiger partial charge in [0, 0.05) is 18.2 Å². The molecule has 2 N–H and O–H groups in total. The fourth-order valence-corrected chi connectivity index (χ4v) is 1.03. The minimum Gasteiger partial charge on any atom is -0.366 e. The SMILES string of the molecule is NC(=O)C1=CN=C2N=CN=C2C1. The molecule has 0 saturated heterocycles. The summed E-state index contributed by atoms with van der Waals surface area (Å²) in [5, 5.41) is 0. The fourth-order valence-electron chi connectivity index (χ4n) is 1.03. The molecule has 60 valence electrons. The molecular formula is C7H6N4O. The van der Waals surface area contributed by atoms with Crippen molar-refractivity contribution in [1.82, 2.24) is 0 Å². The second-order valence-electron chi connectivity index (χ2n) is 2.47.